The van der Waals surface area contributed by atoms with Gasteiger partial charge in [-0.05, 0) is 18.7 Å². The van der Waals surface area contributed by atoms with Crippen molar-refractivity contribution in [1.29, 1.82) is 0 Å². The largest absolute Gasteiger partial charge is 0.332 e. The van der Waals surface area contributed by atoms with Crippen molar-refractivity contribution in [3.63, 3.8) is 0 Å². The van der Waals surface area contributed by atoms with E-state index in [9.17, 15) is 0 Å². The van der Waals surface area contributed by atoms with Crippen LogP contribution in [-0.2, 0) is 6.42 Å². The summed E-state index contributed by atoms with van der Waals surface area (Å²) < 4.78 is 5.23. The van der Waals surface area contributed by atoms with Crippen molar-refractivity contribution >= 4 is 11.3 Å². The molecule has 2 N–H and O–H groups in total. The lowest BCUT2D eigenvalue weighted by Gasteiger charge is -1.90. The Bertz CT molecular complexity index is 664. The van der Waals surface area contributed by atoms with Crippen molar-refractivity contribution < 1.29 is 4.52 Å². The van der Waals surface area contributed by atoms with Gasteiger partial charge in [0.05, 0.1) is 5.01 Å². The second-order valence-electron chi connectivity index (χ2n) is 3.82. The first kappa shape index (κ1) is 11.9. The van der Waals surface area contributed by atoms with E-state index in [1.54, 1.807) is 23.7 Å². The molecular formula is C12H11N5OS. The number of thiazole rings is 1. The average Bonchev–Trinajstić information content (AvgIpc) is 3.08. The Morgan fingerprint density at radius 3 is 2.84 bits per heavy atom. The quantitative estimate of drug-likeness (QED) is 0.778. The molecule has 0 atom stereocenters. The van der Waals surface area contributed by atoms with Crippen LogP contribution in [0.25, 0.3) is 23.0 Å². The Balaban J connectivity index is 1.88. The molecule has 0 amide bonds. The van der Waals surface area contributed by atoms with Crippen LogP contribution in [-0.4, -0.2) is 26.7 Å². The summed E-state index contributed by atoms with van der Waals surface area (Å²) in [5.41, 5.74) is 7.06. The number of aromatic nitrogens is 4. The molecule has 6 nitrogen and oxygen atoms in total. The molecule has 0 bridgehead atoms. The van der Waals surface area contributed by atoms with E-state index in [0.29, 0.717) is 24.0 Å². The van der Waals surface area contributed by atoms with Gasteiger partial charge in [0.1, 0.15) is 5.69 Å². The first-order valence-corrected chi connectivity index (χ1v) is 6.64. The molecule has 0 radical (unpaired) electrons. The Labute approximate surface area is 113 Å². The van der Waals surface area contributed by atoms with Crippen LogP contribution in [0.3, 0.4) is 0 Å². The smallest absolute Gasteiger partial charge is 0.277 e. The Hall–Kier alpha value is -2.12. The maximum Gasteiger partial charge on any atom is 0.277 e. The predicted octanol–water partition coefficient (Wildman–Crippen LogP) is 1.76. The Morgan fingerprint density at radius 2 is 2.05 bits per heavy atom. The molecule has 0 saturated heterocycles. The minimum absolute atomic E-state index is 0.423. The highest BCUT2D eigenvalue weighted by Crippen LogP contribution is 2.23. The number of pyridine rings is 1. The predicted molar refractivity (Wildman–Crippen MR) is 71.4 cm³/mol. The lowest BCUT2D eigenvalue weighted by molar-refractivity contribution is 0.431. The summed E-state index contributed by atoms with van der Waals surface area (Å²) in [7, 11) is 0. The molecule has 3 aromatic rings. The number of hydrogen-bond acceptors (Lipinski definition) is 7. The number of nitrogens with zero attached hydrogens (tertiary/aromatic N) is 4. The van der Waals surface area contributed by atoms with Crippen LogP contribution < -0.4 is 5.73 Å². The molecule has 96 valence electrons. The molecule has 0 aliphatic carbocycles. The van der Waals surface area contributed by atoms with Crippen molar-refractivity contribution in [2.45, 2.75) is 6.42 Å². The van der Waals surface area contributed by atoms with E-state index in [0.717, 1.165) is 17.0 Å². The summed E-state index contributed by atoms with van der Waals surface area (Å²) in [5, 5.41) is 6.82. The average molecular weight is 273 g/mol. The molecular weight excluding hydrogens is 262 g/mol. The normalized spacial score (nSPS) is 10.8. The molecule has 3 aromatic heterocycles. The van der Waals surface area contributed by atoms with Gasteiger partial charge in [-0.3, -0.25) is 4.98 Å². The number of nitrogens with two attached hydrogens (primary N) is 1. The fourth-order valence-electron chi connectivity index (χ4n) is 1.59. The molecule has 19 heavy (non-hydrogen) atoms. The zero-order chi connectivity index (χ0) is 13.1. The molecule has 0 fully saturated rings. The summed E-state index contributed by atoms with van der Waals surface area (Å²) in [4.78, 5) is 12.7. The van der Waals surface area contributed by atoms with Gasteiger partial charge in [0.15, 0.2) is 0 Å². The van der Waals surface area contributed by atoms with Gasteiger partial charge < -0.3 is 10.3 Å². The summed E-state index contributed by atoms with van der Waals surface area (Å²) in [6.07, 6.45) is 4.14. The molecule has 0 aliphatic rings. The molecule has 7 heteroatoms. The van der Waals surface area contributed by atoms with Gasteiger partial charge >= 0.3 is 0 Å². The van der Waals surface area contributed by atoms with Gasteiger partial charge in [-0.25, -0.2) is 4.98 Å². The van der Waals surface area contributed by atoms with Crippen LogP contribution in [0.1, 0.15) is 5.01 Å². The Morgan fingerprint density at radius 1 is 1.21 bits per heavy atom. The summed E-state index contributed by atoms with van der Waals surface area (Å²) in [5.74, 6) is 0.956. The van der Waals surface area contributed by atoms with E-state index in [-0.39, 0.29) is 0 Å². The molecule has 0 unspecified atom stereocenters. The zero-order valence-corrected chi connectivity index (χ0v) is 10.8. The van der Waals surface area contributed by atoms with Gasteiger partial charge in [-0.15, -0.1) is 11.3 Å². The third-order valence-corrected chi connectivity index (χ3v) is 3.40. The van der Waals surface area contributed by atoms with Gasteiger partial charge in [-0.1, -0.05) is 5.16 Å². The van der Waals surface area contributed by atoms with Crippen molar-refractivity contribution in [1.82, 2.24) is 20.1 Å². The minimum Gasteiger partial charge on any atom is -0.332 e. The van der Waals surface area contributed by atoms with Crippen LogP contribution in [0, 0.1) is 0 Å². The third-order valence-electron chi connectivity index (χ3n) is 2.49. The summed E-state index contributed by atoms with van der Waals surface area (Å²) in [6, 6.07) is 3.66. The molecule has 0 spiro atoms. The van der Waals surface area contributed by atoms with Crippen molar-refractivity contribution in [3.8, 4) is 23.0 Å². The molecule has 0 aliphatic heterocycles. The van der Waals surface area contributed by atoms with E-state index in [2.05, 4.69) is 20.1 Å². The molecule has 3 heterocycles. The van der Waals surface area contributed by atoms with E-state index in [4.69, 9.17) is 10.3 Å². The molecule has 0 aromatic carbocycles. The third kappa shape index (κ3) is 2.51. The van der Waals surface area contributed by atoms with Crippen LogP contribution in [0.15, 0.2) is 34.4 Å². The van der Waals surface area contributed by atoms with E-state index < -0.39 is 0 Å². The van der Waals surface area contributed by atoms with Gasteiger partial charge in [-0.2, -0.15) is 4.98 Å². The van der Waals surface area contributed by atoms with Gasteiger partial charge in [0, 0.05) is 29.8 Å². The fraction of sp³-hybridized carbons (Fsp3) is 0.167. The highest BCUT2D eigenvalue weighted by Gasteiger charge is 2.13. The van der Waals surface area contributed by atoms with Gasteiger partial charge in [0.25, 0.3) is 5.89 Å². The first-order chi connectivity index (χ1) is 9.36. The van der Waals surface area contributed by atoms with Crippen LogP contribution >= 0.6 is 11.3 Å². The van der Waals surface area contributed by atoms with Crippen molar-refractivity contribution in [2.75, 3.05) is 6.54 Å². The summed E-state index contributed by atoms with van der Waals surface area (Å²) in [6.45, 7) is 0.582. The highest BCUT2D eigenvalue weighted by molar-refractivity contribution is 7.09. The lowest BCUT2D eigenvalue weighted by Crippen LogP contribution is -2.01. The van der Waals surface area contributed by atoms with Crippen molar-refractivity contribution in [2.24, 2.45) is 5.73 Å². The highest BCUT2D eigenvalue weighted by atomic mass is 32.1. The lowest BCUT2D eigenvalue weighted by atomic mass is 10.2. The number of rotatable bonds is 4. The fourth-order valence-corrected chi connectivity index (χ4v) is 2.38. The second kappa shape index (κ2) is 5.25. The SMILES string of the molecule is NCCc1nc(-c2nc(-c3ccncc3)no2)cs1. The van der Waals surface area contributed by atoms with Crippen LogP contribution in [0.5, 0.6) is 0 Å². The standard InChI is InChI=1S/C12H11N5OS/c13-4-1-10-15-9(7-19-10)12-16-11(17-18-12)8-2-5-14-6-3-8/h2-3,5-7H,1,4,13H2. The molecule has 0 saturated carbocycles. The Kier molecular flexibility index (Phi) is 3.30. The van der Waals surface area contributed by atoms with Crippen LogP contribution in [0.4, 0.5) is 0 Å². The maximum atomic E-state index is 5.50. The van der Waals surface area contributed by atoms with E-state index >= 15 is 0 Å². The van der Waals surface area contributed by atoms with E-state index in [1.807, 2.05) is 17.5 Å². The maximum absolute atomic E-state index is 5.50. The zero-order valence-electron chi connectivity index (χ0n) is 9.98. The summed E-state index contributed by atoms with van der Waals surface area (Å²) >= 11 is 1.55. The van der Waals surface area contributed by atoms with E-state index in [1.165, 1.54) is 0 Å². The first-order valence-electron chi connectivity index (χ1n) is 5.76. The van der Waals surface area contributed by atoms with Gasteiger partial charge in [0.2, 0.25) is 5.82 Å². The second-order valence-corrected chi connectivity index (χ2v) is 4.77. The number of hydrogen-bond donors (Lipinski definition) is 1. The minimum atomic E-state index is 0.423. The topological polar surface area (TPSA) is 90.7 Å². The van der Waals surface area contributed by atoms with Crippen molar-refractivity contribution in [3.05, 3.63) is 34.9 Å². The van der Waals surface area contributed by atoms with Crippen LogP contribution in [0.2, 0.25) is 0 Å². The molecule has 3 rings (SSSR count). The monoisotopic (exact) mass is 273 g/mol.